The van der Waals surface area contributed by atoms with Crippen LogP contribution in [0.5, 0.6) is 0 Å². The number of carbonyl (C=O) groups excluding carboxylic acids is 1. The second kappa shape index (κ2) is 9.77. The van der Waals surface area contributed by atoms with E-state index in [1.54, 1.807) is 7.11 Å². The number of carbonyl (C=O) groups is 1. The number of aryl methyl sites for hydroxylation is 1. The number of fused-ring (bicyclic) bond motifs is 1. The highest BCUT2D eigenvalue weighted by atomic mass is 16.5. The predicted molar refractivity (Wildman–Crippen MR) is 128 cm³/mol. The standard InChI is InChI=1S/C25H34N6O2/c1-16-7-10-26-14-21(16)22-13-20-23(15-27-22)29-30-24(20)28-25(32)17-3-5-18(6-4-17)31-11-8-19(33-2)9-12-31/h3-7,10,14,19-20,22-24,27,29-30H,8-9,11-13,15H2,1-2H3,(H,28,32). The first-order valence-electron chi connectivity index (χ1n) is 12.0. The lowest BCUT2D eigenvalue weighted by Gasteiger charge is -2.35. The van der Waals surface area contributed by atoms with Crippen LogP contribution in [0.2, 0.25) is 0 Å². The lowest BCUT2D eigenvalue weighted by molar-refractivity contribution is 0.0819. The zero-order valence-corrected chi connectivity index (χ0v) is 19.4. The van der Waals surface area contributed by atoms with Gasteiger partial charge >= 0.3 is 0 Å². The van der Waals surface area contributed by atoms with Gasteiger partial charge in [0, 0.05) is 68.4 Å². The van der Waals surface area contributed by atoms with E-state index in [4.69, 9.17) is 4.74 Å². The van der Waals surface area contributed by atoms with Crippen molar-refractivity contribution in [2.45, 2.75) is 50.5 Å². The highest BCUT2D eigenvalue weighted by molar-refractivity contribution is 5.94. The van der Waals surface area contributed by atoms with Gasteiger partial charge in [0.2, 0.25) is 0 Å². The number of amides is 1. The van der Waals surface area contributed by atoms with Crippen LogP contribution in [0, 0.1) is 12.8 Å². The summed E-state index contributed by atoms with van der Waals surface area (Å²) < 4.78 is 5.47. The average Bonchev–Trinajstić information content (AvgIpc) is 3.26. The SMILES string of the molecule is COC1CCN(c2ccc(C(=O)NC3NNC4CNC(c5cnccc5C)CC43)cc2)CC1. The molecule has 1 aromatic heterocycles. The van der Waals surface area contributed by atoms with E-state index in [1.807, 2.05) is 24.5 Å². The van der Waals surface area contributed by atoms with E-state index in [9.17, 15) is 4.79 Å². The van der Waals surface area contributed by atoms with Gasteiger partial charge in [-0.2, -0.15) is 0 Å². The molecule has 0 bridgehead atoms. The number of nitrogens with one attached hydrogen (secondary N) is 4. The molecule has 33 heavy (non-hydrogen) atoms. The van der Waals surface area contributed by atoms with Gasteiger partial charge in [0.25, 0.3) is 5.91 Å². The van der Waals surface area contributed by atoms with Crippen LogP contribution < -0.4 is 26.4 Å². The molecular formula is C25H34N6O2. The zero-order chi connectivity index (χ0) is 22.8. The molecule has 0 radical (unpaired) electrons. The smallest absolute Gasteiger partial charge is 0.252 e. The molecule has 5 rings (SSSR count). The van der Waals surface area contributed by atoms with Crippen LogP contribution in [0.3, 0.4) is 0 Å². The number of aromatic nitrogens is 1. The van der Waals surface area contributed by atoms with Gasteiger partial charge in [-0.15, -0.1) is 0 Å². The summed E-state index contributed by atoms with van der Waals surface area (Å²) in [5, 5.41) is 6.84. The Labute approximate surface area is 195 Å². The molecule has 3 aliphatic rings. The first-order valence-corrected chi connectivity index (χ1v) is 12.0. The predicted octanol–water partition coefficient (Wildman–Crippen LogP) is 1.89. The van der Waals surface area contributed by atoms with Gasteiger partial charge in [-0.05, 0) is 67.6 Å². The third kappa shape index (κ3) is 4.75. The van der Waals surface area contributed by atoms with Crippen LogP contribution >= 0.6 is 0 Å². The molecule has 3 saturated heterocycles. The highest BCUT2D eigenvalue weighted by Gasteiger charge is 2.41. The van der Waals surface area contributed by atoms with Crippen LogP contribution in [0.15, 0.2) is 42.7 Å². The molecular weight excluding hydrogens is 416 g/mol. The van der Waals surface area contributed by atoms with E-state index in [2.05, 4.69) is 56.5 Å². The summed E-state index contributed by atoms with van der Waals surface area (Å²) in [6.45, 7) is 4.93. The lowest BCUT2D eigenvalue weighted by Crippen LogP contribution is -2.49. The van der Waals surface area contributed by atoms with Crippen LogP contribution in [0.1, 0.15) is 46.8 Å². The van der Waals surface area contributed by atoms with Gasteiger partial charge in [-0.1, -0.05) is 0 Å². The fraction of sp³-hybridized carbons (Fsp3) is 0.520. The molecule has 3 fully saturated rings. The Balaban J connectivity index is 1.20. The molecule has 0 spiro atoms. The number of anilines is 1. The summed E-state index contributed by atoms with van der Waals surface area (Å²) in [6.07, 6.45) is 7.04. The molecule has 4 N–H and O–H groups in total. The van der Waals surface area contributed by atoms with E-state index in [1.165, 1.54) is 11.1 Å². The second-order valence-corrected chi connectivity index (χ2v) is 9.41. The topological polar surface area (TPSA) is 90.5 Å². The van der Waals surface area contributed by atoms with Crippen molar-refractivity contribution in [1.29, 1.82) is 0 Å². The summed E-state index contributed by atoms with van der Waals surface area (Å²) >= 11 is 0. The monoisotopic (exact) mass is 450 g/mol. The summed E-state index contributed by atoms with van der Waals surface area (Å²) in [5.41, 5.74) is 11.0. The molecule has 2 aromatic rings. The molecule has 1 amide bonds. The molecule has 1 aromatic carbocycles. The molecule has 3 aliphatic heterocycles. The summed E-state index contributed by atoms with van der Waals surface area (Å²) in [7, 11) is 1.79. The number of pyridine rings is 1. The Kier molecular flexibility index (Phi) is 6.59. The van der Waals surface area contributed by atoms with Crippen molar-refractivity contribution in [3.63, 3.8) is 0 Å². The lowest BCUT2D eigenvalue weighted by atomic mass is 9.84. The van der Waals surface area contributed by atoms with Gasteiger partial charge in [0.1, 0.15) is 0 Å². The number of methoxy groups -OCH3 is 1. The van der Waals surface area contributed by atoms with Crippen molar-refractivity contribution in [1.82, 2.24) is 26.5 Å². The average molecular weight is 451 g/mol. The van der Waals surface area contributed by atoms with Crippen LogP contribution in [-0.2, 0) is 4.74 Å². The number of hydrogen-bond acceptors (Lipinski definition) is 7. The number of benzene rings is 1. The molecule has 4 unspecified atom stereocenters. The first kappa shape index (κ1) is 22.3. The fourth-order valence-corrected chi connectivity index (χ4v) is 5.39. The Morgan fingerprint density at radius 2 is 1.94 bits per heavy atom. The third-order valence-corrected chi connectivity index (χ3v) is 7.47. The summed E-state index contributed by atoms with van der Waals surface area (Å²) in [6, 6.07) is 10.5. The maximum atomic E-state index is 13.0. The van der Waals surface area contributed by atoms with Crippen LogP contribution in [0.4, 0.5) is 5.69 Å². The molecule has 8 nitrogen and oxygen atoms in total. The van der Waals surface area contributed by atoms with Gasteiger partial charge in [-0.25, -0.2) is 5.43 Å². The maximum Gasteiger partial charge on any atom is 0.252 e. The van der Waals surface area contributed by atoms with Gasteiger partial charge in [0.05, 0.1) is 12.3 Å². The van der Waals surface area contributed by atoms with Crippen LogP contribution in [-0.4, -0.2) is 55.9 Å². The molecule has 0 saturated carbocycles. The van der Waals surface area contributed by atoms with Crippen molar-refractivity contribution < 1.29 is 9.53 Å². The van der Waals surface area contributed by atoms with E-state index in [0.717, 1.165) is 44.6 Å². The number of ether oxygens (including phenoxy) is 1. The second-order valence-electron chi connectivity index (χ2n) is 9.41. The first-order chi connectivity index (χ1) is 16.1. The summed E-state index contributed by atoms with van der Waals surface area (Å²) in [5.74, 6) is 0.244. The van der Waals surface area contributed by atoms with Crippen molar-refractivity contribution in [2.24, 2.45) is 5.92 Å². The maximum absolute atomic E-state index is 13.0. The number of piperidine rings is 2. The molecule has 176 valence electrons. The molecule has 0 aliphatic carbocycles. The molecule has 8 heteroatoms. The molecule has 4 atom stereocenters. The van der Waals surface area contributed by atoms with E-state index >= 15 is 0 Å². The summed E-state index contributed by atoms with van der Waals surface area (Å²) in [4.78, 5) is 19.7. The highest BCUT2D eigenvalue weighted by Crippen LogP contribution is 2.32. The van der Waals surface area contributed by atoms with Crippen molar-refractivity contribution in [3.8, 4) is 0 Å². The van der Waals surface area contributed by atoms with Crippen molar-refractivity contribution >= 4 is 11.6 Å². The number of hydrogen-bond donors (Lipinski definition) is 4. The Morgan fingerprint density at radius 1 is 1.15 bits per heavy atom. The van der Waals surface area contributed by atoms with Crippen molar-refractivity contribution in [3.05, 3.63) is 59.4 Å². The van der Waals surface area contributed by atoms with Gasteiger partial charge < -0.3 is 20.3 Å². The Bertz CT molecular complexity index is 960. The number of rotatable bonds is 5. The van der Waals surface area contributed by atoms with E-state index in [-0.39, 0.29) is 24.2 Å². The number of nitrogens with zero attached hydrogens (tertiary/aromatic N) is 2. The largest absolute Gasteiger partial charge is 0.381 e. The normalized spacial score (nSPS) is 27.9. The minimum absolute atomic E-state index is 0.0489. The third-order valence-electron chi connectivity index (χ3n) is 7.47. The van der Waals surface area contributed by atoms with Crippen molar-refractivity contribution in [2.75, 3.05) is 31.6 Å². The zero-order valence-electron chi connectivity index (χ0n) is 19.4. The minimum atomic E-state index is -0.114. The van der Waals surface area contributed by atoms with Gasteiger partial charge in [0.15, 0.2) is 0 Å². The number of hydrazine groups is 1. The van der Waals surface area contributed by atoms with Gasteiger partial charge in [-0.3, -0.25) is 15.2 Å². The quantitative estimate of drug-likeness (QED) is 0.553. The fourth-order valence-electron chi connectivity index (χ4n) is 5.39. The molecule has 4 heterocycles. The van der Waals surface area contributed by atoms with Crippen LogP contribution in [0.25, 0.3) is 0 Å². The minimum Gasteiger partial charge on any atom is -0.381 e. The Hall–Kier alpha value is -2.52. The Morgan fingerprint density at radius 3 is 2.67 bits per heavy atom. The van der Waals surface area contributed by atoms with E-state index < -0.39 is 0 Å². The van der Waals surface area contributed by atoms with E-state index in [0.29, 0.717) is 17.6 Å².